The minimum atomic E-state index is -0.223. The molecule has 0 aliphatic heterocycles. The standard InChI is InChI=1S/C22H26FN3/c1-14(2)6-11-20(26(5)18-9-7-17(23)8-10-18)22-21-19(12-13-24-22)15(3)16(4)25-21/h6-10,12-13,20,25H,11H2,1-5H3. The first kappa shape index (κ1) is 18.2. The van der Waals surface area contributed by atoms with E-state index in [9.17, 15) is 4.39 Å². The number of nitrogens with zero attached hydrogens (tertiary/aromatic N) is 2. The molecule has 0 saturated heterocycles. The van der Waals surface area contributed by atoms with Gasteiger partial charge in [0, 0.05) is 30.0 Å². The fraction of sp³-hybridized carbons (Fsp3) is 0.318. The maximum atomic E-state index is 13.3. The van der Waals surface area contributed by atoms with Crippen molar-refractivity contribution < 1.29 is 4.39 Å². The summed E-state index contributed by atoms with van der Waals surface area (Å²) in [7, 11) is 2.04. The highest BCUT2D eigenvalue weighted by Crippen LogP contribution is 2.33. The Morgan fingerprint density at radius 2 is 1.88 bits per heavy atom. The van der Waals surface area contributed by atoms with E-state index in [1.54, 1.807) is 0 Å². The molecule has 26 heavy (non-hydrogen) atoms. The molecule has 0 radical (unpaired) electrons. The lowest BCUT2D eigenvalue weighted by molar-refractivity contribution is 0.625. The number of aromatic amines is 1. The summed E-state index contributed by atoms with van der Waals surface area (Å²) in [5.41, 5.74) is 6.77. The van der Waals surface area contributed by atoms with Gasteiger partial charge in [0.15, 0.2) is 0 Å². The van der Waals surface area contributed by atoms with Crippen LogP contribution in [-0.2, 0) is 0 Å². The van der Waals surface area contributed by atoms with Crippen LogP contribution in [0.2, 0.25) is 0 Å². The molecule has 0 bridgehead atoms. The zero-order chi connectivity index (χ0) is 18.8. The number of hydrogen-bond donors (Lipinski definition) is 1. The molecule has 3 aromatic rings. The SMILES string of the molecule is CC(C)=CCC(c1nccc2c(C)c(C)[nH]c12)N(C)c1ccc(F)cc1. The van der Waals surface area contributed by atoms with Crippen molar-refractivity contribution in [2.75, 3.05) is 11.9 Å². The third-order valence-electron chi connectivity index (χ3n) is 5.03. The van der Waals surface area contributed by atoms with E-state index in [0.717, 1.165) is 23.3 Å². The summed E-state index contributed by atoms with van der Waals surface area (Å²) in [6.07, 6.45) is 4.94. The molecule has 0 saturated carbocycles. The van der Waals surface area contributed by atoms with Gasteiger partial charge < -0.3 is 9.88 Å². The second kappa shape index (κ2) is 7.32. The number of aryl methyl sites for hydroxylation is 2. The summed E-state index contributed by atoms with van der Waals surface area (Å²) in [6.45, 7) is 8.43. The number of fused-ring (bicyclic) bond motifs is 1. The molecule has 1 unspecified atom stereocenters. The van der Waals surface area contributed by atoms with Gasteiger partial charge >= 0.3 is 0 Å². The average molecular weight is 351 g/mol. The normalized spacial score (nSPS) is 12.2. The predicted octanol–water partition coefficient (Wildman–Crippen LogP) is 5.85. The van der Waals surface area contributed by atoms with Crippen molar-refractivity contribution in [1.82, 2.24) is 9.97 Å². The van der Waals surface area contributed by atoms with E-state index in [-0.39, 0.29) is 11.9 Å². The summed E-state index contributed by atoms with van der Waals surface area (Å²) in [5.74, 6) is -0.223. The number of rotatable bonds is 5. The van der Waals surface area contributed by atoms with Crippen LogP contribution in [0.5, 0.6) is 0 Å². The number of halogens is 1. The molecule has 0 aliphatic rings. The van der Waals surface area contributed by atoms with Crippen LogP contribution in [0.1, 0.15) is 43.3 Å². The topological polar surface area (TPSA) is 31.9 Å². The number of hydrogen-bond acceptors (Lipinski definition) is 2. The van der Waals surface area contributed by atoms with Gasteiger partial charge in [-0.1, -0.05) is 11.6 Å². The van der Waals surface area contributed by atoms with E-state index in [2.05, 4.69) is 49.7 Å². The number of anilines is 1. The summed E-state index contributed by atoms with van der Waals surface area (Å²) in [6, 6.07) is 8.75. The van der Waals surface area contributed by atoms with Crippen LogP contribution >= 0.6 is 0 Å². The lowest BCUT2D eigenvalue weighted by Gasteiger charge is -2.29. The fourth-order valence-electron chi connectivity index (χ4n) is 3.31. The summed E-state index contributed by atoms with van der Waals surface area (Å²) in [4.78, 5) is 10.4. The Labute approximate surface area is 154 Å². The van der Waals surface area contributed by atoms with Gasteiger partial charge in [-0.2, -0.15) is 0 Å². The van der Waals surface area contributed by atoms with Crippen LogP contribution in [0.4, 0.5) is 10.1 Å². The number of benzene rings is 1. The number of nitrogens with one attached hydrogen (secondary N) is 1. The Morgan fingerprint density at radius 1 is 1.19 bits per heavy atom. The largest absolute Gasteiger partial charge is 0.366 e. The highest BCUT2D eigenvalue weighted by atomic mass is 19.1. The summed E-state index contributed by atoms with van der Waals surface area (Å²) < 4.78 is 13.3. The molecule has 136 valence electrons. The first-order chi connectivity index (χ1) is 12.4. The summed E-state index contributed by atoms with van der Waals surface area (Å²) >= 11 is 0. The van der Waals surface area contributed by atoms with Gasteiger partial charge in [0.05, 0.1) is 17.3 Å². The fourth-order valence-corrected chi connectivity index (χ4v) is 3.31. The second-order valence-electron chi connectivity index (χ2n) is 7.11. The third kappa shape index (κ3) is 3.50. The molecular weight excluding hydrogens is 325 g/mol. The number of pyridine rings is 1. The maximum absolute atomic E-state index is 13.3. The van der Waals surface area contributed by atoms with Crippen LogP contribution in [-0.4, -0.2) is 17.0 Å². The van der Waals surface area contributed by atoms with Gasteiger partial charge in [-0.25, -0.2) is 4.39 Å². The van der Waals surface area contributed by atoms with Gasteiger partial charge in [0.2, 0.25) is 0 Å². The van der Waals surface area contributed by atoms with Crippen molar-refractivity contribution in [3.05, 3.63) is 70.9 Å². The molecule has 0 amide bonds. The molecule has 3 nitrogen and oxygen atoms in total. The lowest BCUT2D eigenvalue weighted by atomic mass is 10.0. The van der Waals surface area contributed by atoms with Gasteiger partial charge in [-0.3, -0.25) is 4.98 Å². The molecule has 3 rings (SSSR count). The zero-order valence-electron chi connectivity index (χ0n) is 16.1. The Hall–Kier alpha value is -2.62. The van der Waals surface area contributed by atoms with Crippen molar-refractivity contribution in [2.24, 2.45) is 0 Å². The lowest BCUT2D eigenvalue weighted by Crippen LogP contribution is -2.25. The van der Waals surface area contributed by atoms with E-state index in [1.165, 1.54) is 34.3 Å². The van der Waals surface area contributed by atoms with Crippen molar-refractivity contribution in [2.45, 2.75) is 40.2 Å². The highest BCUT2D eigenvalue weighted by Gasteiger charge is 2.22. The van der Waals surface area contributed by atoms with Crippen LogP contribution < -0.4 is 4.90 Å². The minimum Gasteiger partial charge on any atom is -0.366 e. The van der Waals surface area contributed by atoms with E-state index in [0.29, 0.717) is 0 Å². The first-order valence-electron chi connectivity index (χ1n) is 8.94. The highest BCUT2D eigenvalue weighted by molar-refractivity contribution is 5.86. The molecule has 1 atom stereocenters. The average Bonchev–Trinajstić information content (AvgIpc) is 2.91. The number of allylic oxidation sites excluding steroid dienone is 1. The molecule has 1 N–H and O–H groups in total. The molecule has 2 aromatic heterocycles. The van der Waals surface area contributed by atoms with Crippen molar-refractivity contribution >= 4 is 16.6 Å². The predicted molar refractivity (Wildman–Crippen MR) is 107 cm³/mol. The first-order valence-corrected chi connectivity index (χ1v) is 8.94. The van der Waals surface area contributed by atoms with E-state index in [4.69, 9.17) is 4.98 Å². The van der Waals surface area contributed by atoms with Crippen molar-refractivity contribution in [1.29, 1.82) is 0 Å². The second-order valence-corrected chi connectivity index (χ2v) is 7.11. The van der Waals surface area contributed by atoms with Crippen LogP contribution in [0.3, 0.4) is 0 Å². The Morgan fingerprint density at radius 3 is 2.54 bits per heavy atom. The van der Waals surface area contributed by atoms with Crippen LogP contribution in [0, 0.1) is 19.7 Å². The Balaban J connectivity index is 2.11. The van der Waals surface area contributed by atoms with E-state index >= 15 is 0 Å². The van der Waals surface area contributed by atoms with Gasteiger partial charge in [0.25, 0.3) is 0 Å². The molecule has 0 fully saturated rings. The number of H-pyrrole nitrogens is 1. The quantitative estimate of drug-likeness (QED) is 0.585. The smallest absolute Gasteiger partial charge is 0.123 e. The van der Waals surface area contributed by atoms with Gasteiger partial charge in [-0.05, 0) is 70.0 Å². The third-order valence-corrected chi connectivity index (χ3v) is 5.03. The van der Waals surface area contributed by atoms with Crippen molar-refractivity contribution in [3.8, 4) is 0 Å². The van der Waals surface area contributed by atoms with E-state index in [1.807, 2.05) is 25.4 Å². The zero-order valence-corrected chi connectivity index (χ0v) is 16.1. The van der Waals surface area contributed by atoms with Crippen molar-refractivity contribution in [3.63, 3.8) is 0 Å². The minimum absolute atomic E-state index is 0.0523. The van der Waals surface area contributed by atoms with Gasteiger partial charge in [0.1, 0.15) is 5.82 Å². The number of aromatic nitrogens is 2. The molecule has 1 aromatic carbocycles. The molecule has 2 heterocycles. The molecule has 4 heteroatoms. The molecular formula is C22H26FN3. The summed E-state index contributed by atoms with van der Waals surface area (Å²) in [5, 5.41) is 1.21. The molecule has 0 aliphatic carbocycles. The monoisotopic (exact) mass is 351 g/mol. The van der Waals surface area contributed by atoms with Crippen LogP contribution in [0.25, 0.3) is 10.9 Å². The Kier molecular flexibility index (Phi) is 5.12. The molecule has 0 spiro atoms. The van der Waals surface area contributed by atoms with E-state index < -0.39 is 0 Å². The van der Waals surface area contributed by atoms with Gasteiger partial charge in [-0.15, -0.1) is 0 Å². The maximum Gasteiger partial charge on any atom is 0.123 e. The van der Waals surface area contributed by atoms with Crippen LogP contribution in [0.15, 0.2) is 48.2 Å². The Bertz CT molecular complexity index is 934.